The van der Waals surface area contributed by atoms with Crippen LogP contribution in [-0.2, 0) is 21.1 Å². The van der Waals surface area contributed by atoms with Gasteiger partial charge in [-0.3, -0.25) is 4.90 Å². The molecular formula is C17H21NO5S. The van der Waals surface area contributed by atoms with E-state index in [-0.39, 0.29) is 29.9 Å². The van der Waals surface area contributed by atoms with E-state index < -0.39 is 15.8 Å². The zero-order valence-electron chi connectivity index (χ0n) is 13.8. The maximum atomic E-state index is 12.2. The van der Waals surface area contributed by atoms with Gasteiger partial charge in [0.15, 0.2) is 9.84 Å². The van der Waals surface area contributed by atoms with Crippen molar-refractivity contribution < 1.29 is 22.4 Å². The van der Waals surface area contributed by atoms with Crippen molar-refractivity contribution in [2.75, 3.05) is 25.2 Å². The maximum Gasteiger partial charge on any atom is 0.374 e. The Morgan fingerprint density at radius 1 is 1.38 bits per heavy atom. The second kappa shape index (κ2) is 6.57. The molecule has 7 heteroatoms. The van der Waals surface area contributed by atoms with Crippen molar-refractivity contribution in [2.24, 2.45) is 0 Å². The molecule has 0 spiro atoms. The van der Waals surface area contributed by atoms with Gasteiger partial charge in [-0.15, -0.1) is 0 Å². The molecule has 1 aromatic carbocycles. The van der Waals surface area contributed by atoms with Gasteiger partial charge in [0.1, 0.15) is 5.58 Å². The van der Waals surface area contributed by atoms with Gasteiger partial charge in [-0.1, -0.05) is 18.2 Å². The predicted molar refractivity (Wildman–Crippen MR) is 90.7 cm³/mol. The van der Waals surface area contributed by atoms with Crippen molar-refractivity contribution in [3.05, 3.63) is 35.6 Å². The molecule has 24 heavy (non-hydrogen) atoms. The summed E-state index contributed by atoms with van der Waals surface area (Å²) in [7, 11) is -1.08. The van der Waals surface area contributed by atoms with Crippen LogP contribution in [0.25, 0.3) is 11.0 Å². The zero-order chi connectivity index (χ0) is 17.3. The highest BCUT2D eigenvalue weighted by molar-refractivity contribution is 7.91. The third-order valence-corrected chi connectivity index (χ3v) is 6.15. The Morgan fingerprint density at radius 2 is 2.12 bits per heavy atom. The van der Waals surface area contributed by atoms with Gasteiger partial charge in [-0.2, -0.15) is 0 Å². The number of para-hydroxylation sites is 1. The van der Waals surface area contributed by atoms with E-state index >= 15 is 0 Å². The first kappa shape index (κ1) is 17.0. The molecule has 1 saturated heterocycles. The first-order valence-electron chi connectivity index (χ1n) is 7.99. The largest absolute Gasteiger partial charge is 0.460 e. The van der Waals surface area contributed by atoms with Crippen LogP contribution in [0.15, 0.2) is 28.7 Å². The molecule has 1 atom stereocenters. The molecule has 1 unspecified atom stereocenters. The lowest BCUT2D eigenvalue weighted by Gasteiger charge is -2.22. The normalized spacial score (nSPS) is 19.9. The molecule has 0 radical (unpaired) electrons. The molecule has 0 bridgehead atoms. The predicted octanol–water partition coefficient (Wildman–Crippen LogP) is 2.23. The monoisotopic (exact) mass is 351 g/mol. The number of carbonyl (C=O) groups is 1. The third-order valence-electron chi connectivity index (χ3n) is 4.40. The van der Waals surface area contributed by atoms with E-state index in [4.69, 9.17) is 9.15 Å². The quantitative estimate of drug-likeness (QED) is 0.769. The summed E-state index contributed by atoms with van der Waals surface area (Å²) in [5, 5.41) is 0.855. The first-order valence-corrected chi connectivity index (χ1v) is 9.81. The smallest absolute Gasteiger partial charge is 0.374 e. The number of rotatable bonds is 5. The summed E-state index contributed by atoms with van der Waals surface area (Å²) in [5.41, 5.74) is 1.37. The average Bonchev–Trinajstić information content (AvgIpc) is 3.08. The summed E-state index contributed by atoms with van der Waals surface area (Å²) in [6.45, 7) is 2.45. The van der Waals surface area contributed by atoms with Crippen LogP contribution < -0.4 is 0 Å². The second-order valence-corrected chi connectivity index (χ2v) is 8.33. The van der Waals surface area contributed by atoms with Gasteiger partial charge in [0.25, 0.3) is 0 Å². The molecule has 2 heterocycles. The zero-order valence-corrected chi connectivity index (χ0v) is 14.6. The number of nitrogens with zero attached hydrogens (tertiary/aromatic N) is 1. The number of benzene rings is 1. The molecule has 6 nitrogen and oxygen atoms in total. The molecule has 1 aliphatic heterocycles. The Bertz CT molecular complexity index is 855. The molecule has 3 rings (SSSR count). The molecule has 1 aromatic heterocycles. The molecule has 2 aromatic rings. The van der Waals surface area contributed by atoms with Crippen LogP contribution in [0, 0.1) is 0 Å². The lowest BCUT2D eigenvalue weighted by Crippen LogP contribution is -2.32. The fourth-order valence-corrected chi connectivity index (χ4v) is 4.92. The minimum absolute atomic E-state index is 0.0429. The number of carbonyl (C=O) groups excluding carboxylic acids is 1. The molecule has 0 amide bonds. The molecule has 1 fully saturated rings. The number of fused-ring (bicyclic) bond motifs is 1. The van der Waals surface area contributed by atoms with Crippen molar-refractivity contribution in [3.8, 4) is 0 Å². The molecular weight excluding hydrogens is 330 g/mol. The van der Waals surface area contributed by atoms with Crippen LogP contribution in [0.4, 0.5) is 0 Å². The van der Waals surface area contributed by atoms with E-state index in [9.17, 15) is 13.2 Å². The average molecular weight is 351 g/mol. The van der Waals surface area contributed by atoms with E-state index in [0.29, 0.717) is 18.5 Å². The van der Waals surface area contributed by atoms with E-state index in [1.54, 1.807) is 6.92 Å². The number of ether oxygens (including phenoxy) is 1. The third kappa shape index (κ3) is 3.32. The van der Waals surface area contributed by atoms with Crippen LogP contribution >= 0.6 is 0 Å². The van der Waals surface area contributed by atoms with E-state index in [1.807, 2.05) is 36.2 Å². The number of hydrogen-bond donors (Lipinski definition) is 0. The molecule has 130 valence electrons. The van der Waals surface area contributed by atoms with Crippen LogP contribution in [0.1, 0.15) is 29.5 Å². The maximum absolute atomic E-state index is 12.2. The highest BCUT2D eigenvalue weighted by Gasteiger charge is 2.32. The summed E-state index contributed by atoms with van der Waals surface area (Å²) in [6.07, 6.45) is 0.614. The van der Waals surface area contributed by atoms with Crippen LogP contribution in [0.2, 0.25) is 0 Å². The molecule has 0 aliphatic carbocycles. The van der Waals surface area contributed by atoms with Crippen LogP contribution in [0.5, 0.6) is 0 Å². The minimum atomic E-state index is -2.95. The minimum Gasteiger partial charge on any atom is -0.460 e. The van der Waals surface area contributed by atoms with Gasteiger partial charge in [-0.25, -0.2) is 13.2 Å². The van der Waals surface area contributed by atoms with Crippen LogP contribution in [-0.4, -0.2) is 50.5 Å². The number of furan rings is 1. The highest BCUT2D eigenvalue weighted by atomic mass is 32.2. The number of sulfone groups is 1. The van der Waals surface area contributed by atoms with Crippen molar-refractivity contribution in [1.82, 2.24) is 4.90 Å². The Hall–Kier alpha value is -1.86. The lowest BCUT2D eigenvalue weighted by molar-refractivity contribution is 0.0489. The van der Waals surface area contributed by atoms with E-state index in [0.717, 1.165) is 10.9 Å². The highest BCUT2D eigenvalue weighted by Crippen LogP contribution is 2.29. The Balaban J connectivity index is 1.92. The van der Waals surface area contributed by atoms with Crippen molar-refractivity contribution in [2.45, 2.75) is 25.9 Å². The Labute approximate surface area is 141 Å². The van der Waals surface area contributed by atoms with Gasteiger partial charge in [0.05, 0.1) is 18.1 Å². The SMILES string of the molecule is CCOC(=O)c1oc2ccccc2c1CN(C)C1CCS(=O)(=O)C1. The first-order chi connectivity index (χ1) is 11.4. The number of hydrogen-bond acceptors (Lipinski definition) is 6. The molecule has 0 saturated carbocycles. The second-order valence-electron chi connectivity index (χ2n) is 6.10. The summed E-state index contributed by atoms with van der Waals surface area (Å²) < 4.78 is 34.2. The Morgan fingerprint density at radius 3 is 2.79 bits per heavy atom. The van der Waals surface area contributed by atoms with Crippen molar-refractivity contribution in [3.63, 3.8) is 0 Å². The summed E-state index contributed by atoms with van der Waals surface area (Å²) in [6, 6.07) is 7.39. The standard InChI is InChI=1S/C17H21NO5S/c1-3-22-17(19)16-14(13-6-4-5-7-15(13)23-16)10-18(2)12-8-9-24(20,21)11-12/h4-7,12H,3,8-11H2,1-2H3. The van der Waals surface area contributed by atoms with E-state index in [2.05, 4.69) is 0 Å². The van der Waals surface area contributed by atoms with Crippen LogP contribution in [0.3, 0.4) is 0 Å². The summed E-state index contributed by atoms with van der Waals surface area (Å²) in [4.78, 5) is 14.2. The van der Waals surface area contributed by atoms with Crippen molar-refractivity contribution >= 4 is 26.8 Å². The van der Waals surface area contributed by atoms with Gasteiger partial charge in [-0.05, 0) is 26.5 Å². The van der Waals surface area contributed by atoms with Crippen molar-refractivity contribution in [1.29, 1.82) is 0 Å². The lowest BCUT2D eigenvalue weighted by atomic mass is 10.1. The molecule has 0 N–H and O–H groups in total. The van der Waals surface area contributed by atoms with E-state index in [1.165, 1.54) is 0 Å². The topological polar surface area (TPSA) is 76.8 Å². The fraction of sp³-hybridized carbons (Fsp3) is 0.471. The Kier molecular flexibility index (Phi) is 4.64. The van der Waals surface area contributed by atoms with Gasteiger partial charge in [0, 0.05) is 23.5 Å². The number of esters is 1. The summed E-state index contributed by atoms with van der Waals surface area (Å²) >= 11 is 0. The van der Waals surface area contributed by atoms with Gasteiger partial charge in [0.2, 0.25) is 5.76 Å². The fourth-order valence-electron chi connectivity index (χ4n) is 3.12. The summed E-state index contributed by atoms with van der Waals surface area (Å²) in [5.74, 6) is 0.0919. The van der Waals surface area contributed by atoms with Gasteiger partial charge >= 0.3 is 5.97 Å². The molecule has 1 aliphatic rings. The van der Waals surface area contributed by atoms with Gasteiger partial charge < -0.3 is 9.15 Å².